The van der Waals surface area contributed by atoms with Crippen molar-refractivity contribution in [1.29, 1.82) is 0 Å². The Morgan fingerprint density at radius 2 is 1.34 bits per heavy atom. The quantitative estimate of drug-likeness (QED) is 0.0492. The molecule has 0 spiro atoms. The molecule has 0 bridgehead atoms. The molecule has 12 heteroatoms. The zero-order valence-corrected chi connectivity index (χ0v) is 35.4. The maximum absolute atomic E-state index is 15.6. The molecule has 0 saturated carbocycles. The summed E-state index contributed by atoms with van der Waals surface area (Å²) in [6, 6.07) is 33.6. The van der Waals surface area contributed by atoms with Crippen molar-refractivity contribution in [2.24, 2.45) is 5.92 Å². The first kappa shape index (κ1) is 42.2. The van der Waals surface area contributed by atoms with Gasteiger partial charge >= 0.3 is 332 Å². The van der Waals surface area contributed by atoms with Gasteiger partial charge in [-0.2, -0.15) is 0 Å². The van der Waals surface area contributed by atoms with Crippen LogP contribution in [0.4, 0.5) is 0 Å². The van der Waals surface area contributed by atoms with Gasteiger partial charge in [0.25, 0.3) is 0 Å². The Bertz CT molecular complexity index is 1970. The van der Waals surface area contributed by atoms with Gasteiger partial charge in [-0.15, -0.1) is 0 Å². The summed E-state index contributed by atoms with van der Waals surface area (Å²) in [5.74, 6) is -3.11. The number of nitrogens with zero attached hydrogens (tertiary/aromatic N) is 1. The summed E-state index contributed by atoms with van der Waals surface area (Å²) in [4.78, 5) is 68.8. The monoisotopic (exact) mass is 796 g/mol. The van der Waals surface area contributed by atoms with Gasteiger partial charge in [-0.1, -0.05) is 0 Å². The molecule has 0 radical (unpaired) electrons. The van der Waals surface area contributed by atoms with Crippen molar-refractivity contribution in [2.75, 3.05) is 13.7 Å². The third-order valence-corrected chi connectivity index (χ3v) is 21.3. The number of hydrogen-bond acceptors (Lipinski definition) is 8. The van der Waals surface area contributed by atoms with Crippen molar-refractivity contribution in [3.05, 3.63) is 126 Å². The van der Waals surface area contributed by atoms with Crippen LogP contribution in [-0.4, -0.2) is 68.3 Å². The molecule has 2 amide bonds. The molecule has 296 valence electrons. The second-order valence-electron chi connectivity index (χ2n) is 15.8. The van der Waals surface area contributed by atoms with Crippen LogP contribution in [0.25, 0.3) is 0 Å². The van der Waals surface area contributed by atoms with Crippen LogP contribution in [0, 0.1) is 5.92 Å². The summed E-state index contributed by atoms with van der Waals surface area (Å²) in [7, 11) is -0.887. The van der Waals surface area contributed by atoms with Gasteiger partial charge in [-0.3, -0.25) is 0 Å². The Hall–Kier alpha value is -4.96. The molecule has 0 aromatic heterocycles. The van der Waals surface area contributed by atoms with Crippen molar-refractivity contribution < 1.29 is 37.7 Å². The van der Waals surface area contributed by atoms with Gasteiger partial charge in [0.05, 0.1) is 0 Å². The first-order valence-corrected chi connectivity index (χ1v) is 23.9. The van der Waals surface area contributed by atoms with Crippen LogP contribution in [0.3, 0.4) is 0 Å². The molecule has 4 aromatic rings. The third-order valence-electron chi connectivity index (χ3n) is 11.1. The zero-order chi connectivity index (χ0) is 40.9. The number of rotatable bonds is 15. The molecule has 3 atom stereocenters. The van der Waals surface area contributed by atoms with E-state index in [9.17, 15) is 19.2 Å². The van der Waals surface area contributed by atoms with E-state index in [0.29, 0.717) is 27.0 Å². The number of hydrogen-bond donors (Lipinski definition) is 1. The van der Waals surface area contributed by atoms with Gasteiger partial charge in [0, 0.05) is 0 Å². The summed E-state index contributed by atoms with van der Waals surface area (Å²) in [6.07, 6.45) is -0.661. The standard InChI is InChI=1S/C44H53N2O8PSi/c1-31(54-56(7,8)44(3,4)5)42-38(29-39(48)34-20-18-19-33(27-34)28-40(49)45-6)46(43(42)51)55(35-21-12-9-13-22-35,36-23-14-10-15-24-36,37-25-16-11-17-26-37)53-41(50)30-52-32(2)47/h9-27,31,38,42H,28-30H2,1-8H3,(H,45,49)/t31-,38-,42-/m1/s1. The third kappa shape index (κ3) is 7.85. The molecule has 56 heavy (non-hydrogen) atoms. The number of ketones is 1. The fraction of sp³-hybridized carbons (Fsp3) is 0.341. The first-order valence-electron chi connectivity index (χ1n) is 18.9. The van der Waals surface area contributed by atoms with Crippen LogP contribution < -0.4 is 21.2 Å². The van der Waals surface area contributed by atoms with Crippen LogP contribution in [0.2, 0.25) is 18.1 Å². The number of nitrogens with one attached hydrogen (secondary N) is 1. The number of carbonyl (C=O) groups is 5. The number of ether oxygens (including phenoxy) is 1. The summed E-state index contributed by atoms with van der Waals surface area (Å²) < 4.78 is 20.8. The number of esters is 1. The Morgan fingerprint density at radius 1 is 0.821 bits per heavy atom. The Morgan fingerprint density at radius 3 is 1.80 bits per heavy atom. The van der Waals surface area contributed by atoms with E-state index in [4.69, 9.17) is 13.7 Å². The fourth-order valence-corrected chi connectivity index (χ4v) is 14.8. The van der Waals surface area contributed by atoms with E-state index in [1.165, 1.54) is 6.92 Å². The molecule has 10 nitrogen and oxygen atoms in total. The molecule has 4 aromatic carbocycles. The van der Waals surface area contributed by atoms with Crippen molar-refractivity contribution >= 4 is 60.7 Å². The summed E-state index contributed by atoms with van der Waals surface area (Å²) >= 11 is 0. The van der Waals surface area contributed by atoms with Gasteiger partial charge < -0.3 is 0 Å². The number of benzene rings is 4. The van der Waals surface area contributed by atoms with Crippen molar-refractivity contribution in [3.8, 4) is 0 Å². The van der Waals surface area contributed by atoms with Crippen molar-refractivity contribution in [2.45, 2.75) is 77.7 Å². The van der Waals surface area contributed by atoms with Gasteiger partial charge in [0.15, 0.2) is 0 Å². The summed E-state index contributed by atoms with van der Waals surface area (Å²) in [6.45, 7) is 8.02. The van der Waals surface area contributed by atoms with E-state index >= 15 is 4.79 Å². The molecule has 1 heterocycles. The molecule has 1 N–H and O–H groups in total. The molecule has 1 aliphatic rings. The predicted molar refractivity (Wildman–Crippen MR) is 223 cm³/mol. The van der Waals surface area contributed by atoms with E-state index in [1.54, 1.807) is 36.0 Å². The maximum atomic E-state index is 15.6. The van der Waals surface area contributed by atoms with Crippen LogP contribution in [0.15, 0.2) is 115 Å². The van der Waals surface area contributed by atoms with Gasteiger partial charge in [-0.05, 0) is 0 Å². The molecule has 0 unspecified atom stereocenters. The van der Waals surface area contributed by atoms with Gasteiger partial charge in [0.2, 0.25) is 0 Å². The molecule has 1 aliphatic heterocycles. The molecule has 5 rings (SSSR count). The topological polar surface area (TPSA) is 128 Å². The second kappa shape index (κ2) is 16.6. The van der Waals surface area contributed by atoms with E-state index < -0.39 is 51.9 Å². The van der Waals surface area contributed by atoms with Crippen LogP contribution in [0.1, 0.15) is 57.0 Å². The normalized spacial score (nSPS) is 17.1. The minimum absolute atomic E-state index is 0.0939. The number of amides is 2. The van der Waals surface area contributed by atoms with Crippen molar-refractivity contribution in [1.82, 2.24) is 9.99 Å². The zero-order valence-electron chi connectivity index (χ0n) is 33.5. The van der Waals surface area contributed by atoms with E-state index in [0.717, 1.165) is 0 Å². The molecule has 1 fully saturated rings. The average Bonchev–Trinajstić information content (AvgIpc) is 3.17. The summed E-state index contributed by atoms with van der Waals surface area (Å²) in [5, 5.41) is 4.08. The van der Waals surface area contributed by atoms with Crippen LogP contribution >= 0.6 is 6.98 Å². The number of Topliss-reactive ketones (excluding diaryl/α,β-unsaturated/α-hetero) is 1. The number of likely N-dealkylation sites (N-methyl/N-ethyl adjacent to an activating group) is 1. The van der Waals surface area contributed by atoms with Crippen molar-refractivity contribution in [3.63, 3.8) is 0 Å². The van der Waals surface area contributed by atoms with E-state index in [1.807, 2.05) is 97.9 Å². The SMILES string of the molecule is CNC(=O)Cc1cccc(C(=O)C[C@@H]2[C@@H]([C@@H](C)O[Si](C)(C)C(C)(C)C)C(=O)N2P(OC(=O)COC(C)=O)(c2ccccc2)(c2ccccc2)c2ccccc2)c1. The number of carbonyl (C=O) groups excluding carboxylic acids is 5. The van der Waals surface area contributed by atoms with Crippen LogP contribution in [0.5, 0.6) is 0 Å². The van der Waals surface area contributed by atoms with Gasteiger partial charge in [0.1, 0.15) is 0 Å². The minimum atomic E-state index is -5.00. The predicted octanol–water partition coefficient (Wildman–Crippen LogP) is 6.25. The molecule has 0 aliphatic carbocycles. The van der Waals surface area contributed by atoms with Gasteiger partial charge in [-0.25, -0.2) is 0 Å². The van der Waals surface area contributed by atoms with E-state index in [-0.39, 0.29) is 35.5 Å². The Balaban J connectivity index is 1.82. The molecule has 1 saturated heterocycles. The second-order valence-corrected chi connectivity index (χ2v) is 24.7. The molecular weight excluding hydrogens is 744 g/mol. The number of β-lactam (4-membered cyclic amide) rings is 1. The van der Waals surface area contributed by atoms with E-state index in [2.05, 4.69) is 39.2 Å². The van der Waals surface area contributed by atoms with Crippen LogP contribution in [-0.2, 0) is 39.3 Å². The Labute approximate surface area is 331 Å². The summed E-state index contributed by atoms with van der Waals surface area (Å²) in [5.41, 5.74) is 1.05. The Kier molecular flexibility index (Phi) is 12.5. The molecular formula is C44H53N2O8PSi. The fourth-order valence-electron chi connectivity index (χ4n) is 7.42. The average molecular weight is 797 g/mol. The first-order chi connectivity index (χ1) is 26.5.